The first-order valence-electron chi connectivity index (χ1n) is 14.5. The Balaban J connectivity index is 1.39. The second kappa shape index (κ2) is 13.8. The molecule has 0 spiro atoms. The summed E-state index contributed by atoms with van der Waals surface area (Å²) < 4.78 is 19.7. The zero-order chi connectivity index (χ0) is 31.1. The number of halogens is 1. The smallest absolute Gasteiger partial charge is 0.253 e. The molecule has 228 valence electrons. The van der Waals surface area contributed by atoms with Crippen LogP contribution in [-0.4, -0.2) is 79.4 Å². The highest BCUT2D eigenvalue weighted by Crippen LogP contribution is 2.40. The van der Waals surface area contributed by atoms with Crippen LogP contribution in [0, 0.1) is 11.2 Å². The minimum absolute atomic E-state index is 0.225. The Hall–Kier alpha value is -4.31. The summed E-state index contributed by atoms with van der Waals surface area (Å²) in [5, 5.41) is 0. The van der Waals surface area contributed by atoms with Crippen LogP contribution in [0.15, 0.2) is 67.0 Å². The summed E-state index contributed by atoms with van der Waals surface area (Å²) in [5.74, 6) is -0.546. The number of hydrogen-bond acceptors (Lipinski definition) is 6. The van der Waals surface area contributed by atoms with Gasteiger partial charge in [0.2, 0.25) is 11.8 Å². The summed E-state index contributed by atoms with van der Waals surface area (Å²) in [4.78, 5) is 50.2. The Morgan fingerprint density at radius 2 is 1.72 bits per heavy atom. The van der Waals surface area contributed by atoms with Gasteiger partial charge in [0.1, 0.15) is 17.0 Å². The summed E-state index contributed by atoms with van der Waals surface area (Å²) >= 11 is 0. The van der Waals surface area contributed by atoms with E-state index in [-0.39, 0.29) is 17.7 Å². The van der Waals surface area contributed by atoms with Crippen LogP contribution >= 0.6 is 0 Å². The van der Waals surface area contributed by atoms with Crippen molar-refractivity contribution in [3.63, 3.8) is 0 Å². The maximum Gasteiger partial charge on any atom is 0.253 e. The quantitative estimate of drug-likeness (QED) is 0.226. The first-order chi connectivity index (χ1) is 20.5. The third-order valence-corrected chi connectivity index (χ3v) is 7.75. The van der Waals surface area contributed by atoms with Crippen LogP contribution < -0.4 is 14.5 Å². The average Bonchev–Trinajstić information content (AvgIpc) is 3.05. The van der Waals surface area contributed by atoms with Crippen molar-refractivity contribution >= 4 is 29.1 Å². The summed E-state index contributed by atoms with van der Waals surface area (Å²) in [6, 6.07) is 15.1. The number of nitrogens with zero attached hydrogens (tertiary/aromatic N) is 5. The molecule has 0 saturated carbocycles. The average molecular weight is 590 g/mol. The fraction of sp³-hybridized carbons (Fsp3) is 0.394. The fourth-order valence-electron chi connectivity index (χ4n) is 5.20. The Kier molecular flexibility index (Phi) is 10.1. The third-order valence-electron chi connectivity index (χ3n) is 7.75. The minimum atomic E-state index is -1.17. The molecule has 1 aliphatic rings. The highest BCUT2D eigenvalue weighted by atomic mass is 19.1. The molecule has 0 atom stereocenters. The second-order valence-corrected chi connectivity index (χ2v) is 11.3. The van der Waals surface area contributed by atoms with Crippen molar-refractivity contribution < 1.29 is 23.5 Å². The van der Waals surface area contributed by atoms with Gasteiger partial charge in [0.05, 0.1) is 18.0 Å². The van der Waals surface area contributed by atoms with E-state index in [4.69, 9.17) is 4.74 Å². The molecular formula is C33H40FN5O4. The monoisotopic (exact) mass is 589 g/mol. The highest BCUT2D eigenvalue weighted by molar-refractivity contribution is 6.20. The molecule has 2 aromatic carbocycles. The van der Waals surface area contributed by atoms with E-state index in [9.17, 15) is 18.8 Å². The van der Waals surface area contributed by atoms with Crippen LogP contribution in [-0.2, 0) is 16.1 Å². The van der Waals surface area contributed by atoms with Crippen molar-refractivity contribution in [2.45, 2.75) is 33.7 Å². The Morgan fingerprint density at radius 3 is 2.42 bits per heavy atom. The van der Waals surface area contributed by atoms with E-state index >= 15 is 0 Å². The van der Waals surface area contributed by atoms with E-state index in [0.717, 1.165) is 5.56 Å². The lowest BCUT2D eigenvalue weighted by molar-refractivity contribution is -0.137. The van der Waals surface area contributed by atoms with Crippen LogP contribution in [0.3, 0.4) is 0 Å². The lowest BCUT2D eigenvalue weighted by Crippen LogP contribution is -2.47. The van der Waals surface area contributed by atoms with Crippen LogP contribution in [0.4, 0.5) is 15.8 Å². The molecule has 43 heavy (non-hydrogen) atoms. The maximum absolute atomic E-state index is 13.6. The topological polar surface area (TPSA) is 86.3 Å². The van der Waals surface area contributed by atoms with E-state index in [0.29, 0.717) is 68.4 Å². The van der Waals surface area contributed by atoms with Gasteiger partial charge in [0, 0.05) is 70.8 Å². The first-order valence-corrected chi connectivity index (χ1v) is 14.5. The Bertz CT molecular complexity index is 1450. The Labute approximate surface area is 252 Å². The highest BCUT2D eigenvalue weighted by Gasteiger charge is 2.45. The zero-order valence-electron chi connectivity index (χ0n) is 25.5. The maximum atomic E-state index is 13.6. The molecule has 10 heteroatoms. The molecule has 0 aliphatic carbocycles. The van der Waals surface area contributed by atoms with E-state index in [1.807, 2.05) is 37.3 Å². The molecule has 3 amide bonds. The molecule has 0 radical (unpaired) electrons. The number of benzene rings is 2. The molecule has 0 saturated heterocycles. The van der Waals surface area contributed by atoms with E-state index < -0.39 is 11.2 Å². The van der Waals surface area contributed by atoms with Crippen LogP contribution in [0.1, 0.15) is 43.1 Å². The Morgan fingerprint density at radius 1 is 0.977 bits per heavy atom. The van der Waals surface area contributed by atoms with Gasteiger partial charge in [0.15, 0.2) is 0 Å². The largest absolute Gasteiger partial charge is 0.493 e. The second-order valence-electron chi connectivity index (χ2n) is 11.3. The molecule has 4 rings (SSSR count). The van der Waals surface area contributed by atoms with Gasteiger partial charge in [-0.05, 0) is 75.2 Å². The number of pyridine rings is 1. The number of ether oxygens (including phenoxy) is 1. The number of aromatic nitrogens is 1. The number of carbonyl (C=O) groups is 3. The SMILES string of the molecule is CCN1C(=O)C(C)(C)C(=O)N(C)c2cc(OCCCN(CCN(C)C(=O)c3cccc(F)c3)Cc3ccncc3)ccc21. The lowest BCUT2D eigenvalue weighted by Gasteiger charge is -2.27. The van der Waals surface area contributed by atoms with Gasteiger partial charge in [-0.2, -0.15) is 0 Å². The van der Waals surface area contributed by atoms with Crippen LogP contribution in [0.5, 0.6) is 5.75 Å². The summed E-state index contributed by atoms with van der Waals surface area (Å²) in [5.41, 5.74) is 1.57. The molecule has 2 heterocycles. The molecule has 0 N–H and O–H groups in total. The van der Waals surface area contributed by atoms with E-state index in [1.165, 1.54) is 23.1 Å². The van der Waals surface area contributed by atoms with Gasteiger partial charge in [-0.15, -0.1) is 0 Å². The summed E-state index contributed by atoms with van der Waals surface area (Å²) in [6.45, 7) is 8.56. The van der Waals surface area contributed by atoms with Crippen molar-refractivity contribution in [2.24, 2.45) is 5.41 Å². The molecular weight excluding hydrogens is 549 g/mol. The standard InChI is InChI=1S/C33H40FN5O4/c1-6-39-28-12-11-27(22-29(28)37(5)31(41)33(2,3)32(39)42)43-20-8-17-38(23-24-13-15-35-16-14-24)19-18-36(4)30(40)25-9-7-10-26(34)21-25/h7,9-16,21-22H,6,8,17-20,23H2,1-5H3. The minimum Gasteiger partial charge on any atom is -0.493 e. The van der Waals surface area contributed by atoms with Gasteiger partial charge in [-0.25, -0.2) is 4.39 Å². The number of likely N-dealkylation sites (N-methyl/N-ethyl adjacent to an activating group) is 1. The molecule has 9 nitrogen and oxygen atoms in total. The predicted octanol–water partition coefficient (Wildman–Crippen LogP) is 4.62. The number of carbonyl (C=O) groups excluding carboxylic acids is 3. The lowest BCUT2D eigenvalue weighted by atomic mass is 9.90. The predicted molar refractivity (Wildman–Crippen MR) is 165 cm³/mol. The van der Waals surface area contributed by atoms with Crippen molar-refractivity contribution in [2.75, 3.05) is 56.7 Å². The normalized spacial score (nSPS) is 14.5. The zero-order valence-corrected chi connectivity index (χ0v) is 25.5. The first kappa shape index (κ1) is 31.6. The molecule has 0 bridgehead atoms. The molecule has 0 unspecified atom stereocenters. The summed E-state index contributed by atoms with van der Waals surface area (Å²) in [7, 11) is 3.40. The van der Waals surface area contributed by atoms with Gasteiger partial charge in [-0.1, -0.05) is 6.07 Å². The fourth-order valence-corrected chi connectivity index (χ4v) is 5.20. The van der Waals surface area contributed by atoms with Gasteiger partial charge in [0.25, 0.3) is 5.91 Å². The number of anilines is 2. The number of amides is 3. The third kappa shape index (κ3) is 7.37. The van der Waals surface area contributed by atoms with Gasteiger partial charge in [-0.3, -0.25) is 24.3 Å². The van der Waals surface area contributed by atoms with Gasteiger partial charge >= 0.3 is 0 Å². The molecule has 1 aliphatic heterocycles. The van der Waals surface area contributed by atoms with Crippen molar-refractivity contribution in [3.8, 4) is 5.75 Å². The number of rotatable bonds is 12. The van der Waals surface area contributed by atoms with E-state index in [1.54, 1.807) is 56.2 Å². The van der Waals surface area contributed by atoms with Crippen molar-refractivity contribution in [1.29, 1.82) is 0 Å². The number of fused-ring (bicyclic) bond motifs is 1. The van der Waals surface area contributed by atoms with Crippen LogP contribution in [0.2, 0.25) is 0 Å². The van der Waals surface area contributed by atoms with Gasteiger partial charge < -0.3 is 19.4 Å². The molecule has 0 fully saturated rings. The van der Waals surface area contributed by atoms with Crippen molar-refractivity contribution in [3.05, 3.63) is 83.9 Å². The molecule has 1 aromatic heterocycles. The molecule has 3 aromatic rings. The van der Waals surface area contributed by atoms with Crippen LogP contribution in [0.25, 0.3) is 0 Å². The van der Waals surface area contributed by atoms with Crippen molar-refractivity contribution in [1.82, 2.24) is 14.8 Å². The summed E-state index contributed by atoms with van der Waals surface area (Å²) in [6.07, 6.45) is 4.22. The van der Waals surface area contributed by atoms with E-state index in [2.05, 4.69) is 9.88 Å². The number of hydrogen-bond donors (Lipinski definition) is 0.